The average Bonchev–Trinajstić information content (AvgIpc) is 2.65. The standard InChI is InChI=1S/C11H10N2O2S/c1-6-4-5-16-10(6)8-3-2-7(12)9(13-8)11(14)15/h2-5H,12H2,1H3,(H,14,15). The van der Waals surface area contributed by atoms with Crippen molar-refractivity contribution in [1.29, 1.82) is 0 Å². The summed E-state index contributed by atoms with van der Waals surface area (Å²) in [5.41, 5.74) is 7.37. The number of hydrogen-bond donors (Lipinski definition) is 2. The Kier molecular flexibility index (Phi) is 2.62. The highest BCUT2D eigenvalue weighted by molar-refractivity contribution is 7.13. The Morgan fingerprint density at radius 2 is 2.19 bits per heavy atom. The summed E-state index contributed by atoms with van der Waals surface area (Å²) in [6, 6.07) is 5.28. The minimum absolute atomic E-state index is 0.0923. The highest BCUT2D eigenvalue weighted by Crippen LogP contribution is 2.28. The molecular weight excluding hydrogens is 224 g/mol. The summed E-state index contributed by atoms with van der Waals surface area (Å²) < 4.78 is 0. The van der Waals surface area contributed by atoms with E-state index in [4.69, 9.17) is 10.8 Å². The maximum atomic E-state index is 10.9. The van der Waals surface area contributed by atoms with E-state index in [2.05, 4.69) is 4.98 Å². The van der Waals surface area contributed by atoms with Crippen molar-refractivity contribution in [3.8, 4) is 10.6 Å². The number of aryl methyl sites for hydroxylation is 1. The molecule has 3 N–H and O–H groups in total. The van der Waals surface area contributed by atoms with Gasteiger partial charge in [-0.15, -0.1) is 11.3 Å². The Labute approximate surface area is 96.4 Å². The number of rotatable bonds is 2. The van der Waals surface area contributed by atoms with Gasteiger partial charge in [0, 0.05) is 0 Å². The molecule has 0 aliphatic heterocycles. The Morgan fingerprint density at radius 1 is 1.44 bits per heavy atom. The summed E-state index contributed by atoms with van der Waals surface area (Å²) in [5, 5.41) is 10.9. The van der Waals surface area contributed by atoms with E-state index in [0.717, 1.165) is 10.4 Å². The molecule has 0 fully saturated rings. The van der Waals surface area contributed by atoms with E-state index >= 15 is 0 Å². The lowest BCUT2D eigenvalue weighted by Crippen LogP contribution is -2.06. The van der Waals surface area contributed by atoms with E-state index in [1.165, 1.54) is 11.3 Å². The molecule has 0 aliphatic rings. The number of carboxylic acid groups (broad SMARTS) is 1. The summed E-state index contributed by atoms with van der Waals surface area (Å²) in [6.07, 6.45) is 0. The number of hydrogen-bond acceptors (Lipinski definition) is 4. The van der Waals surface area contributed by atoms with Gasteiger partial charge in [0.2, 0.25) is 0 Å². The molecule has 4 nitrogen and oxygen atoms in total. The summed E-state index contributed by atoms with van der Waals surface area (Å²) in [6.45, 7) is 1.96. The number of anilines is 1. The van der Waals surface area contributed by atoms with Crippen molar-refractivity contribution in [1.82, 2.24) is 4.98 Å². The number of aromatic nitrogens is 1. The molecule has 2 aromatic heterocycles. The predicted octanol–water partition coefficient (Wildman–Crippen LogP) is 2.40. The third-order valence-corrected chi connectivity index (χ3v) is 3.26. The van der Waals surface area contributed by atoms with E-state index in [1.54, 1.807) is 12.1 Å². The van der Waals surface area contributed by atoms with E-state index in [-0.39, 0.29) is 11.4 Å². The first-order valence-electron chi connectivity index (χ1n) is 4.64. The second-order valence-electron chi connectivity index (χ2n) is 3.37. The first kappa shape index (κ1) is 10.6. The monoisotopic (exact) mass is 234 g/mol. The Bertz CT molecular complexity index is 549. The molecule has 0 saturated heterocycles. The summed E-state index contributed by atoms with van der Waals surface area (Å²) in [5.74, 6) is -1.10. The topological polar surface area (TPSA) is 76.2 Å². The highest BCUT2D eigenvalue weighted by Gasteiger charge is 2.13. The quantitative estimate of drug-likeness (QED) is 0.836. The van der Waals surface area contributed by atoms with Gasteiger partial charge in [-0.05, 0) is 36.1 Å². The van der Waals surface area contributed by atoms with Gasteiger partial charge < -0.3 is 10.8 Å². The second kappa shape index (κ2) is 3.94. The van der Waals surface area contributed by atoms with Crippen LogP contribution in [0.5, 0.6) is 0 Å². The molecule has 0 atom stereocenters. The van der Waals surface area contributed by atoms with Crippen molar-refractivity contribution in [2.45, 2.75) is 6.92 Å². The van der Waals surface area contributed by atoms with Crippen LogP contribution in [0.25, 0.3) is 10.6 Å². The van der Waals surface area contributed by atoms with Gasteiger partial charge in [-0.2, -0.15) is 0 Å². The number of pyridine rings is 1. The van der Waals surface area contributed by atoms with Crippen molar-refractivity contribution in [3.05, 3.63) is 34.8 Å². The number of thiophene rings is 1. The average molecular weight is 234 g/mol. The molecule has 2 rings (SSSR count). The fraction of sp³-hybridized carbons (Fsp3) is 0.0909. The third-order valence-electron chi connectivity index (χ3n) is 2.22. The maximum absolute atomic E-state index is 10.9. The third kappa shape index (κ3) is 1.77. The van der Waals surface area contributed by atoms with Crippen molar-refractivity contribution < 1.29 is 9.90 Å². The maximum Gasteiger partial charge on any atom is 0.356 e. The summed E-state index contributed by atoms with van der Waals surface area (Å²) >= 11 is 1.53. The zero-order chi connectivity index (χ0) is 11.7. The normalized spacial score (nSPS) is 10.3. The van der Waals surface area contributed by atoms with Crippen molar-refractivity contribution in [3.63, 3.8) is 0 Å². The first-order valence-corrected chi connectivity index (χ1v) is 5.52. The number of nitrogens with two attached hydrogens (primary N) is 1. The molecule has 0 bridgehead atoms. The van der Waals surface area contributed by atoms with Gasteiger partial charge in [0.05, 0.1) is 16.3 Å². The van der Waals surface area contributed by atoms with E-state index < -0.39 is 5.97 Å². The van der Waals surface area contributed by atoms with Crippen molar-refractivity contribution in [2.24, 2.45) is 0 Å². The molecule has 0 radical (unpaired) electrons. The SMILES string of the molecule is Cc1ccsc1-c1ccc(N)c(C(=O)O)n1. The van der Waals surface area contributed by atoms with Crippen molar-refractivity contribution in [2.75, 3.05) is 5.73 Å². The van der Waals surface area contributed by atoms with Crippen LogP contribution in [0.4, 0.5) is 5.69 Å². The van der Waals surface area contributed by atoms with Gasteiger partial charge in [-0.3, -0.25) is 0 Å². The van der Waals surface area contributed by atoms with Crippen LogP contribution < -0.4 is 5.73 Å². The molecule has 0 unspecified atom stereocenters. The lowest BCUT2D eigenvalue weighted by Gasteiger charge is -2.03. The molecule has 0 saturated carbocycles. The van der Waals surface area contributed by atoms with Crippen LogP contribution in [0, 0.1) is 6.92 Å². The zero-order valence-electron chi connectivity index (χ0n) is 8.60. The second-order valence-corrected chi connectivity index (χ2v) is 4.29. The largest absolute Gasteiger partial charge is 0.476 e. The first-order chi connectivity index (χ1) is 7.59. The molecule has 16 heavy (non-hydrogen) atoms. The van der Waals surface area contributed by atoms with E-state index in [1.807, 2.05) is 18.4 Å². The van der Waals surface area contributed by atoms with Gasteiger partial charge in [0.15, 0.2) is 5.69 Å². The smallest absolute Gasteiger partial charge is 0.356 e. The minimum atomic E-state index is -1.10. The van der Waals surface area contributed by atoms with Crippen LogP contribution in [-0.4, -0.2) is 16.1 Å². The molecular formula is C11H10N2O2S. The molecule has 2 aromatic rings. The van der Waals surface area contributed by atoms with Crippen LogP contribution >= 0.6 is 11.3 Å². The van der Waals surface area contributed by atoms with Gasteiger partial charge in [0.25, 0.3) is 0 Å². The number of carbonyl (C=O) groups is 1. The number of nitrogen functional groups attached to an aromatic ring is 1. The minimum Gasteiger partial charge on any atom is -0.476 e. The summed E-state index contributed by atoms with van der Waals surface area (Å²) in [7, 11) is 0. The van der Waals surface area contributed by atoms with Crippen LogP contribution in [0.15, 0.2) is 23.6 Å². The van der Waals surface area contributed by atoms with E-state index in [9.17, 15) is 4.79 Å². The van der Waals surface area contributed by atoms with Crippen LogP contribution in [0.3, 0.4) is 0 Å². The lowest BCUT2D eigenvalue weighted by molar-refractivity contribution is 0.0692. The van der Waals surface area contributed by atoms with Crippen LogP contribution in [-0.2, 0) is 0 Å². The number of nitrogens with zero attached hydrogens (tertiary/aromatic N) is 1. The number of carboxylic acids is 1. The molecule has 0 spiro atoms. The molecule has 5 heteroatoms. The fourth-order valence-corrected chi connectivity index (χ4v) is 2.30. The molecule has 82 valence electrons. The van der Waals surface area contributed by atoms with E-state index in [0.29, 0.717) is 5.69 Å². The molecule has 0 aliphatic carbocycles. The Morgan fingerprint density at radius 3 is 2.75 bits per heavy atom. The van der Waals surface area contributed by atoms with Crippen LogP contribution in [0.1, 0.15) is 16.1 Å². The summed E-state index contributed by atoms with van der Waals surface area (Å²) in [4.78, 5) is 15.9. The van der Waals surface area contributed by atoms with Gasteiger partial charge in [-0.25, -0.2) is 9.78 Å². The lowest BCUT2D eigenvalue weighted by atomic mass is 10.2. The van der Waals surface area contributed by atoms with Gasteiger partial charge >= 0.3 is 5.97 Å². The van der Waals surface area contributed by atoms with Gasteiger partial charge in [-0.1, -0.05) is 0 Å². The molecule has 0 amide bonds. The zero-order valence-corrected chi connectivity index (χ0v) is 9.41. The molecule has 2 heterocycles. The molecule has 0 aromatic carbocycles. The highest BCUT2D eigenvalue weighted by atomic mass is 32.1. The number of aromatic carboxylic acids is 1. The Balaban J connectivity index is 2.56. The predicted molar refractivity (Wildman–Crippen MR) is 63.7 cm³/mol. The van der Waals surface area contributed by atoms with Crippen LogP contribution in [0.2, 0.25) is 0 Å². The van der Waals surface area contributed by atoms with Gasteiger partial charge in [0.1, 0.15) is 0 Å². The Hall–Kier alpha value is -1.88. The van der Waals surface area contributed by atoms with Crippen molar-refractivity contribution >= 4 is 23.0 Å². The fourth-order valence-electron chi connectivity index (χ4n) is 1.40.